The number of amides is 1. The summed E-state index contributed by atoms with van der Waals surface area (Å²) >= 11 is 3.33. The van der Waals surface area contributed by atoms with E-state index in [1.165, 1.54) is 0 Å². The van der Waals surface area contributed by atoms with E-state index >= 15 is 0 Å². The summed E-state index contributed by atoms with van der Waals surface area (Å²) in [5, 5.41) is 14.3. The zero-order chi connectivity index (χ0) is 16.4. The van der Waals surface area contributed by atoms with Gasteiger partial charge in [-0.2, -0.15) is 0 Å². The third kappa shape index (κ3) is 3.46. The lowest BCUT2D eigenvalue weighted by Crippen LogP contribution is -2.38. The molecule has 0 saturated carbocycles. The second kappa shape index (κ2) is 6.18. The summed E-state index contributed by atoms with van der Waals surface area (Å²) in [7, 11) is 0. The summed E-state index contributed by atoms with van der Waals surface area (Å²) in [6.07, 6.45) is 0. The van der Waals surface area contributed by atoms with Gasteiger partial charge in [-0.25, -0.2) is 0 Å². The number of hydrogen-bond acceptors (Lipinski definition) is 3. The number of rotatable bonds is 4. The Kier molecular flexibility index (Phi) is 4.24. The average Bonchev–Trinajstić information content (AvgIpc) is 2.98. The molecule has 23 heavy (non-hydrogen) atoms. The SMILES string of the molecule is CC(O)(CNC(=O)c1ccc(Br)cc1)c1cc2ccccc2o1. The first-order valence-electron chi connectivity index (χ1n) is 7.21. The van der Waals surface area contributed by atoms with Crippen LogP contribution in [0, 0.1) is 0 Å². The van der Waals surface area contributed by atoms with Crippen LogP contribution in [-0.4, -0.2) is 17.6 Å². The van der Waals surface area contributed by atoms with Gasteiger partial charge in [0.1, 0.15) is 16.9 Å². The van der Waals surface area contributed by atoms with Gasteiger partial charge in [-0.05, 0) is 43.3 Å². The highest BCUT2D eigenvalue weighted by Gasteiger charge is 2.28. The van der Waals surface area contributed by atoms with E-state index in [0.29, 0.717) is 16.9 Å². The first kappa shape index (κ1) is 15.8. The number of nitrogens with one attached hydrogen (secondary N) is 1. The fourth-order valence-corrected chi connectivity index (χ4v) is 2.55. The number of furan rings is 1. The van der Waals surface area contributed by atoms with Crippen molar-refractivity contribution in [2.24, 2.45) is 0 Å². The summed E-state index contributed by atoms with van der Waals surface area (Å²) in [5.41, 5.74) is -0.0417. The Labute approximate surface area is 142 Å². The van der Waals surface area contributed by atoms with Crippen molar-refractivity contribution in [2.45, 2.75) is 12.5 Å². The van der Waals surface area contributed by atoms with Crippen molar-refractivity contribution < 1.29 is 14.3 Å². The Morgan fingerprint density at radius 2 is 1.91 bits per heavy atom. The maximum absolute atomic E-state index is 12.1. The molecule has 0 aliphatic rings. The van der Waals surface area contributed by atoms with E-state index in [1.54, 1.807) is 37.3 Å². The number of carbonyl (C=O) groups excluding carboxylic acids is 1. The molecule has 0 aliphatic carbocycles. The fraction of sp³-hybridized carbons (Fsp3) is 0.167. The third-order valence-electron chi connectivity index (χ3n) is 3.66. The Morgan fingerprint density at radius 1 is 1.22 bits per heavy atom. The van der Waals surface area contributed by atoms with E-state index in [2.05, 4.69) is 21.2 Å². The maximum atomic E-state index is 12.1. The molecule has 0 aliphatic heterocycles. The van der Waals surface area contributed by atoms with Crippen LogP contribution in [0.1, 0.15) is 23.0 Å². The quantitative estimate of drug-likeness (QED) is 0.730. The summed E-state index contributed by atoms with van der Waals surface area (Å²) in [6.45, 7) is 1.67. The number of benzene rings is 2. The third-order valence-corrected chi connectivity index (χ3v) is 4.18. The van der Waals surface area contributed by atoms with Crippen molar-refractivity contribution in [1.82, 2.24) is 5.32 Å². The molecule has 2 N–H and O–H groups in total. The van der Waals surface area contributed by atoms with Crippen LogP contribution in [0.25, 0.3) is 11.0 Å². The molecule has 5 heteroatoms. The van der Waals surface area contributed by atoms with E-state index in [0.717, 1.165) is 9.86 Å². The van der Waals surface area contributed by atoms with Crippen molar-refractivity contribution in [3.05, 3.63) is 70.4 Å². The summed E-state index contributed by atoms with van der Waals surface area (Å²) in [6, 6.07) is 16.4. The fourth-order valence-electron chi connectivity index (χ4n) is 2.29. The van der Waals surface area contributed by atoms with Gasteiger partial charge in [-0.3, -0.25) is 4.79 Å². The first-order chi connectivity index (χ1) is 11.0. The van der Waals surface area contributed by atoms with Crippen LogP contribution < -0.4 is 5.32 Å². The van der Waals surface area contributed by atoms with E-state index in [9.17, 15) is 9.90 Å². The zero-order valence-electron chi connectivity index (χ0n) is 12.5. The standard InChI is InChI=1S/C18H16BrNO3/c1-18(22,16-10-13-4-2-3-5-15(13)23-16)11-20-17(21)12-6-8-14(19)9-7-12/h2-10,22H,11H2,1H3,(H,20,21). The Morgan fingerprint density at radius 3 is 2.61 bits per heavy atom. The van der Waals surface area contributed by atoms with Crippen molar-refractivity contribution in [3.63, 3.8) is 0 Å². The molecular weight excluding hydrogens is 358 g/mol. The average molecular weight is 374 g/mol. The molecule has 4 nitrogen and oxygen atoms in total. The monoisotopic (exact) mass is 373 g/mol. The van der Waals surface area contributed by atoms with Crippen LogP contribution in [0.3, 0.4) is 0 Å². The van der Waals surface area contributed by atoms with Gasteiger partial charge in [0.2, 0.25) is 0 Å². The lowest BCUT2D eigenvalue weighted by molar-refractivity contribution is 0.0344. The predicted octanol–water partition coefficient (Wildman–Crippen LogP) is 3.83. The van der Waals surface area contributed by atoms with E-state index in [1.807, 2.05) is 24.3 Å². The topological polar surface area (TPSA) is 62.5 Å². The molecule has 3 rings (SSSR count). The molecule has 0 radical (unpaired) electrons. The van der Waals surface area contributed by atoms with Gasteiger partial charge in [0, 0.05) is 15.4 Å². The predicted molar refractivity (Wildman–Crippen MR) is 92.3 cm³/mol. The van der Waals surface area contributed by atoms with Crippen molar-refractivity contribution >= 4 is 32.8 Å². The van der Waals surface area contributed by atoms with Gasteiger partial charge in [0.05, 0.1) is 6.54 Å². The molecule has 3 aromatic rings. The second-order valence-corrected chi connectivity index (χ2v) is 6.53. The minimum Gasteiger partial charge on any atom is -0.458 e. The lowest BCUT2D eigenvalue weighted by Gasteiger charge is -2.21. The zero-order valence-corrected chi connectivity index (χ0v) is 14.1. The number of hydrogen-bond donors (Lipinski definition) is 2. The molecular formula is C18H16BrNO3. The molecule has 0 saturated heterocycles. The first-order valence-corrected chi connectivity index (χ1v) is 8.00. The van der Waals surface area contributed by atoms with Crippen LogP contribution in [0.2, 0.25) is 0 Å². The number of fused-ring (bicyclic) bond motifs is 1. The van der Waals surface area contributed by atoms with Crippen molar-refractivity contribution in [3.8, 4) is 0 Å². The summed E-state index contributed by atoms with van der Waals surface area (Å²) in [5.74, 6) is 0.184. The van der Waals surface area contributed by atoms with Crippen molar-refractivity contribution in [2.75, 3.05) is 6.54 Å². The lowest BCUT2D eigenvalue weighted by atomic mass is 10.0. The maximum Gasteiger partial charge on any atom is 0.251 e. The molecule has 0 spiro atoms. The molecule has 0 bridgehead atoms. The largest absolute Gasteiger partial charge is 0.458 e. The normalized spacial score (nSPS) is 13.7. The highest BCUT2D eigenvalue weighted by atomic mass is 79.9. The summed E-state index contributed by atoms with van der Waals surface area (Å²) < 4.78 is 6.58. The minimum absolute atomic E-state index is 0.0573. The molecule has 1 atom stereocenters. The highest BCUT2D eigenvalue weighted by molar-refractivity contribution is 9.10. The van der Waals surface area contributed by atoms with E-state index in [-0.39, 0.29) is 12.5 Å². The molecule has 1 heterocycles. The van der Waals surface area contributed by atoms with Crippen LogP contribution in [0.15, 0.2) is 63.5 Å². The Balaban J connectivity index is 1.73. The molecule has 1 unspecified atom stereocenters. The van der Waals surface area contributed by atoms with E-state index < -0.39 is 5.60 Å². The van der Waals surface area contributed by atoms with Gasteiger partial charge < -0.3 is 14.8 Å². The molecule has 118 valence electrons. The molecule has 0 fully saturated rings. The van der Waals surface area contributed by atoms with E-state index in [4.69, 9.17) is 4.42 Å². The summed E-state index contributed by atoms with van der Waals surface area (Å²) in [4.78, 5) is 12.1. The van der Waals surface area contributed by atoms with Gasteiger partial charge in [-0.1, -0.05) is 34.1 Å². The van der Waals surface area contributed by atoms with Gasteiger partial charge in [0.25, 0.3) is 5.91 Å². The number of para-hydroxylation sites is 1. The minimum atomic E-state index is -1.29. The number of halogens is 1. The molecule has 1 amide bonds. The van der Waals surface area contributed by atoms with Gasteiger partial charge >= 0.3 is 0 Å². The Bertz CT molecular complexity index is 804. The molecule has 2 aromatic carbocycles. The van der Waals surface area contributed by atoms with Crippen LogP contribution in [0.5, 0.6) is 0 Å². The highest BCUT2D eigenvalue weighted by Crippen LogP contribution is 2.27. The number of carbonyl (C=O) groups is 1. The number of aliphatic hydroxyl groups is 1. The Hall–Kier alpha value is -2.11. The van der Waals surface area contributed by atoms with Crippen LogP contribution in [0.4, 0.5) is 0 Å². The second-order valence-electron chi connectivity index (χ2n) is 5.61. The van der Waals surface area contributed by atoms with Crippen LogP contribution in [-0.2, 0) is 5.60 Å². The van der Waals surface area contributed by atoms with Crippen LogP contribution >= 0.6 is 15.9 Å². The van der Waals surface area contributed by atoms with Gasteiger partial charge in [0.15, 0.2) is 0 Å². The molecule has 1 aromatic heterocycles. The van der Waals surface area contributed by atoms with Gasteiger partial charge in [-0.15, -0.1) is 0 Å². The van der Waals surface area contributed by atoms with Crippen molar-refractivity contribution in [1.29, 1.82) is 0 Å². The smallest absolute Gasteiger partial charge is 0.251 e.